The molecular weight excluding hydrogens is 413 g/mol. The molecule has 0 bridgehead atoms. The summed E-state index contributed by atoms with van der Waals surface area (Å²) < 4.78 is 41.5. The molecule has 3 heterocycles. The molecule has 0 spiro atoms. The number of carbonyl (C=O) groups excluding carboxylic acids is 2. The van der Waals surface area contributed by atoms with Crippen LogP contribution in [0.4, 0.5) is 23.8 Å². The molecule has 168 valence electrons. The largest absolute Gasteiger partial charge is 0.408 e. The van der Waals surface area contributed by atoms with Crippen molar-refractivity contribution in [3.63, 3.8) is 0 Å². The van der Waals surface area contributed by atoms with Gasteiger partial charge in [0.2, 0.25) is 0 Å². The first kappa shape index (κ1) is 21.4. The smallest absolute Gasteiger partial charge is 0.339 e. The summed E-state index contributed by atoms with van der Waals surface area (Å²) in [5.41, 5.74) is 0.597. The van der Waals surface area contributed by atoms with Crippen molar-refractivity contribution in [1.29, 1.82) is 0 Å². The third kappa shape index (κ3) is 4.05. The van der Waals surface area contributed by atoms with Crippen LogP contribution < -0.4 is 10.2 Å². The molecule has 1 atom stereocenters. The van der Waals surface area contributed by atoms with Crippen LogP contribution in [0, 0.1) is 12.8 Å². The third-order valence-electron chi connectivity index (χ3n) is 5.79. The summed E-state index contributed by atoms with van der Waals surface area (Å²) in [5.74, 6) is -1.17. The van der Waals surface area contributed by atoms with Crippen LogP contribution in [0.1, 0.15) is 49.3 Å². The van der Waals surface area contributed by atoms with Gasteiger partial charge < -0.3 is 10.2 Å². The highest BCUT2D eigenvalue weighted by atomic mass is 19.4. The molecule has 31 heavy (non-hydrogen) atoms. The first-order valence-electron chi connectivity index (χ1n) is 10.4. The second-order valence-corrected chi connectivity index (χ2v) is 8.45. The summed E-state index contributed by atoms with van der Waals surface area (Å²) >= 11 is 0. The monoisotopic (exact) mass is 438 g/mol. The van der Waals surface area contributed by atoms with Crippen molar-refractivity contribution < 1.29 is 22.8 Å². The van der Waals surface area contributed by atoms with Crippen molar-refractivity contribution in [3.05, 3.63) is 23.8 Å². The molecule has 8 nitrogen and oxygen atoms in total. The summed E-state index contributed by atoms with van der Waals surface area (Å²) in [6, 6.07) is -0.350. The minimum atomic E-state index is -4.53. The van der Waals surface area contributed by atoms with Crippen molar-refractivity contribution in [1.82, 2.24) is 24.6 Å². The molecule has 1 saturated carbocycles. The third-order valence-corrected chi connectivity index (χ3v) is 5.79. The first-order valence-corrected chi connectivity index (χ1v) is 10.4. The summed E-state index contributed by atoms with van der Waals surface area (Å²) in [5, 5.41) is 2.09. The number of aromatic nitrogens is 3. The van der Waals surface area contributed by atoms with Crippen LogP contribution in [0.25, 0.3) is 5.65 Å². The number of anilines is 1. The highest BCUT2D eigenvalue weighted by Crippen LogP contribution is 2.40. The lowest BCUT2D eigenvalue weighted by atomic mass is 10.1. The van der Waals surface area contributed by atoms with E-state index in [1.54, 1.807) is 17.9 Å². The Labute approximate surface area is 177 Å². The number of nitrogens with zero attached hydrogens (tertiary/aromatic N) is 5. The Morgan fingerprint density at radius 3 is 2.58 bits per heavy atom. The zero-order valence-corrected chi connectivity index (χ0v) is 17.6. The predicted molar refractivity (Wildman–Crippen MR) is 107 cm³/mol. The van der Waals surface area contributed by atoms with Crippen LogP contribution in [0.15, 0.2) is 12.4 Å². The molecule has 2 aromatic rings. The number of hydrogen-bond donors (Lipinski definition) is 1. The van der Waals surface area contributed by atoms with Gasteiger partial charge in [-0.2, -0.15) is 13.2 Å². The fourth-order valence-corrected chi connectivity index (χ4v) is 3.95. The predicted octanol–water partition coefficient (Wildman–Crippen LogP) is 3.15. The lowest BCUT2D eigenvalue weighted by molar-refractivity contribution is -0.158. The molecule has 1 aliphatic carbocycles. The molecule has 2 aromatic heterocycles. The maximum absolute atomic E-state index is 13.3. The number of carbonyl (C=O) groups is 2. The van der Waals surface area contributed by atoms with E-state index in [0.717, 1.165) is 6.42 Å². The van der Waals surface area contributed by atoms with Gasteiger partial charge in [0.25, 0.3) is 5.91 Å². The Morgan fingerprint density at radius 1 is 1.26 bits per heavy atom. The van der Waals surface area contributed by atoms with Crippen molar-refractivity contribution in [2.45, 2.75) is 58.3 Å². The number of halogens is 3. The zero-order chi connectivity index (χ0) is 22.5. The second-order valence-electron chi connectivity index (χ2n) is 8.45. The number of rotatable bonds is 5. The topological polar surface area (TPSA) is 82.8 Å². The van der Waals surface area contributed by atoms with Gasteiger partial charge >= 0.3 is 12.2 Å². The molecule has 1 unspecified atom stereocenters. The van der Waals surface area contributed by atoms with Crippen LogP contribution in [0.5, 0.6) is 0 Å². The molecule has 11 heteroatoms. The Hall–Kier alpha value is -2.85. The number of urea groups is 1. The van der Waals surface area contributed by atoms with E-state index in [0.29, 0.717) is 37.4 Å². The molecule has 1 saturated heterocycles. The molecule has 0 radical (unpaired) electrons. The van der Waals surface area contributed by atoms with Gasteiger partial charge in [0.1, 0.15) is 18.2 Å². The number of amides is 3. The van der Waals surface area contributed by atoms with Crippen molar-refractivity contribution in [3.8, 4) is 0 Å². The van der Waals surface area contributed by atoms with Crippen molar-refractivity contribution >= 4 is 23.4 Å². The molecule has 2 fully saturated rings. The minimum Gasteiger partial charge on any atom is -0.339 e. The van der Waals surface area contributed by atoms with Gasteiger partial charge in [0.15, 0.2) is 11.3 Å². The van der Waals surface area contributed by atoms with Crippen LogP contribution in [0.2, 0.25) is 0 Å². The lowest BCUT2D eigenvalue weighted by Gasteiger charge is -2.37. The van der Waals surface area contributed by atoms with E-state index in [1.807, 2.05) is 13.8 Å². The van der Waals surface area contributed by atoms with Crippen molar-refractivity contribution in [2.75, 3.05) is 18.0 Å². The van der Waals surface area contributed by atoms with Gasteiger partial charge in [-0.25, -0.2) is 14.8 Å². The summed E-state index contributed by atoms with van der Waals surface area (Å²) in [6.45, 7) is 6.74. The number of nitrogens with one attached hydrogen (secondary N) is 1. The maximum Gasteiger partial charge on any atom is 0.408 e. The van der Waals surface area contributed by atoms with Crippen LogP contribution >= 0.6 is 0 Å². The molecular formula is C20H25F3N6O2. The number of alkyl halides is 3. The van der Waals surface area contributed by atoms with E-state index in [2.05, 4.69) is 15.3 Å². The van der Waals surface area contributed by atoms with Gasteiger partial charge in [-0.3, -0.25) is 14.1 Å². The quantitative estimate of drug-likeness (QED) is 0.778. The summed E-state index contributed by atoms with van der Waals surface area (Å²) in [6.07, 6.45) is -1.55. The van der Waals surface area contributed by atoms with Gasteiger partial charge in [0, 0.05) is 30.9 Å². The Balaban J connectivity index is 1.67. The molecule has 0 aromatic carbocycles. The van der Waals surface area contributed by atoms with E-state index < -0.39 is 24.0 Å². The maximum atomic E-state index is 13.3. The lowest BCUT2D eigenvalue weighted by Crippen LogP contribution is -2.52. The number of imidazole rings is 1. The Morgan fingerprint density at radius 2 is 1.97 bits per heavy atom. The normalized spacial score (nSPS) is 18.7. The van der Waals surface area contributed by atoms with E-state index in [4.69, 9.17) is 0 Å². The van der Waals surface area contributed by atoms with Crippen LogP contribution in [-0.2, 0) is 0 Å². The fourth-order valence-electron chi connectivity index (χ4n) is 3.95. The zero-order valence-electron chi connectivity index (χ0n) is 17.6. The van der Waals surface area contributed by atoms with Gasteiger partial charge in [-0.15, -0.1) is 0 Å². The van der Waals surface area contributed by atoms with Crippen LogP contribution in [-0.4, -0.2) is 62.6 Å². The van der Waals surface area contributed by atoms with Gasteiger partial charge in [0.05, 0.1) is 0 Å². The molecule has 2 aliphatic rings. The Kier molecular flexibility index (Phi) is 5.30. The van der Waals surface area contributed by atoms with E-state index >= 15 is 0 Å². The highest BCUT2D eigenvalue weighted by Gasteiger charge is 2.50. The summed E-state index contributed by atoms with van der Waals surface area (Å²) in [7, 11) is 0. The average Bonchev–Trinajstić information content (AvgIpc) is 3.42. The molecule has 1 N–H and O–H groups in total. The van der Waals surface area contributed by atoms with Crippen LogP contribution in [0.3, 0.4) is 0 Å². The van der Waals surface area contributed by atoms with Crippen molar-refractivity contribution in [2.24, 2.45) is 5.92 Å². The van der Waals surface area contributed by atoms with Gasteiger partial charge in [-0.05, 0) is 46.0 Å². The van der Waals surface area contributed by atoms with E-state index in [-0.39, 0.29) is 23.4 Å². The Bertz CT molecular complexity index is 1010. The molecule has 3 amide bonds. The summed E-state index contributed by atoms with van der Waals surface area (Å²) in [4.78, 5) is 37.3. The van der Waals surface area contributed by atoms with E-state index in [1.165, 1.54) is 15.6 Å². The number of aryl methyl sites for hydroxylation is 1. The number of fused-ring (bicyclic) bond motifs is 1. The minimum absolute atomic E-state index is 0.0261. The molecule has 1 aliphatic heterocycles. The fraction of sp³-hybridized carbons (Fsp3) is 0.600. The first-order chi connectivity index (χ1) is 14.6. The molecule has 4 rings (SSSR count). The second kappa shape index (κ2) is 7.69. The SMILES string of the molecule is Cc1cc(N2CCCN(C(C)C)C2=O)nc2c(C(=O)NC(C3CC3)C(F)(F)F)ncn12. The number of hydrogen-bond acceptors (Lipinski definition) is 4. The standard InChI is InChI=1S/C20H25F3N6O2/c1-11(2)27-7-4-8-28(19(27)31)14-9-12(3)29-10-24-15(17(29)25-14)18(30)26-16(13-5-6-13)20(21,22)23/h9-11,13,16H,4-8H2,1-3H3,(H,26,30). The van der Waals surface area contributed by atoms with Gasteiger partial charge in [-0.1, -0.05) is 0 Å². The van der Waals surface area contributed by atoms with E-state index in [9.17, 15) is 22.8 Å². The average molecular weight is 438 g/mol. The highest BCUT2D eigenvalue weighted by molar-refractivity contribution is 5.99.